The largest absolute Gasteiger partial charge is 0.508 e. The number of nitrogens with zero attached hydrogens (tertiary/aromatic N) is 1. The van der Waals surface area contributed by atoms with Gasteiger partial charge in [-0.05, 0) is 56.8 Å². The van der Waals surface area contributed by atoms with Gasteiger partial charge in [0.15, 0.2) is 0 Å². The van der Waals surface area contributed by atoms with Crippen LogP contribution in [-0.4, -0.2) is 76.1 Å². The van der Waals surface area contributed by atoms with Crippen LogP contribution >= 0.6 is 0 Å². The minimum Gasteiger partial charge on any atom is -0.508 e. The van der Waals surface area contributed by atoms with E-state index in [1.165, 1.54) is 24.0 Å². The van der Waals surface area contributed by atoms with Crippen molar-refractivity contribution in [2.75, 3.05) is 13.1 Å². The molecule has 3 amide bonds. The molecule has 4 atom stereocenters. The first kappa shape index (κ1) is 27.1. The molecule has 0 aliphatic carbocycles. The van der Waals surface area contributed by atoms with Gasteiger partial charge in [-0.1, -0.05) is 18.6 Å². The summed E-state index contributed by atoms with van der Waals surface area (Å²) in [6.45, 7) is 2.15. The predicted octanol–water partition coefficient (Wildman–Crippen LogP) is -0.544. The molecule has 1 fully saturated rings. The number of amides is 3. The minimum atomic E-state index is -1.18. The van der Waals surface area contributed by atoms with Gasteiger partial charge in [-0.2, -0.15) is 0 Å². The predicted molar refractivity (Wildman–Crippen MR) is 125 cm³/mol. The fourth-order valence-corrected chi connectivity index (χ4v) is 3.86. The quantitative estimate of drug-likeness (QED) is 0.216. The Bertz CT molecular complexity index is 862. The summed E-state index contributed by atoms with van der Waals surface area (Å²) in [7, 11) is 0. The number of phenolic OH excluding ortho intramolecular Hbond substituents is 1. The van der Waals surface area contributed by atoms with Crippen molar-refractivity contribution in [1.29, 1.82) is 0 Å². The zero-order chi connectivity index (χ0) is 25.3. The molecule has 1 aromatic rings. The summed E-state index contributed by atoms with van der Waals surface area (Å²) in [6, 6.07) is 2.54. The molecule has 1 aliphatic rings. The van der Waals surface area contributed by atoms with Gasteiger partial charge < -0.3 is 37.2 Å². The van der Waals surface area contributed by atoms with Crippen LogP contribution in [0.3, 0.4) is 0 Å². The molecule has 8 N–H and O–H groups in total. The number of phenols is 1. The van der Waals surface area contributed by atoms with Gasteiger partial charge in [-0.25, -0.2) is 0 Å². The normalized spacial score (nSPS) is 18.1. The van der Waals surface area contributed by atoms with Crippen LogP contribution < -0.4 is 22.1 Å². The van der Waals surface area contributed by atoms with Crippen molar-refractivity contribution in [3.05, 3.63) is 29.8 Å². The molecule has 34 heavy (non-hydrogen) atoms. The SMILES string of the molecule is CC(NC(=O)C1CCCN1C(=O)C(Cc1ccc(O)cc1)NC(=O)C(N)CCCCN)C(=O)O. The average Bonchev–Trinajstić information content (AvgIpc) is 3.29. The topological polar surface area (TPSA) is 188 Å². The van der Waals surface area contributed by atoms with Gasteiger partial charge >= 0.3 is 5.97 Å². The number of hydrogen-bond acceptors (Lipinski definition) is 7. The molecule has 1 saturated heterocycles. The van der Waals surface area contributed by atoms with Crippen LogP contribution in [0.15, 0.2) is 24.3 Å². The summed E-state index contributed by atoms with van der Waals surface area (Å²) in [4.78, 5) is 51.3. The summed E-state index contributed by atoms with van der Waals surface area (Å²) in [5.41, 5.74) is 12.2. The molecule has 0 saturated carbocycles. The molecule has 11 heteroatoms. The van der Waals surface area contributed by atoms with Gasteiger partial charge in [0.05, 0.1) is 6.04 Å². The highest BCUT2D eigenvalue weighted by molar-refractivity contribution is 5.94. The molecule has 0 bridgehead atoms. The Hall–Kier alpha value is -3.18. The van der Waals surface area contributed by atoms with E-state index in [-0.39, 0.29) is 12.2 Å². The number of carboxylic acid groups (broad SMARTS) is 1. The van der Waals surface area contributed by atoms with Crippen molar-refractivity contribution < 1.29 is 29.4 Å². The number of aromatic hydroxyl groups is 1. The number of carboxylic acids is 1. The van der Waals surface area contributed by atoms with Crippen LogP contribution in [-0.2, 0) is 25.6 Å². The lowest BCUT2D eigenvalue weighted by atomic mass is 10.0. The first-order chi connectivity index (χ1) is 16.1. The summed E-state index contributed by atoms with van der Waals surface area (Å²) in [5, 5.41) is 23.8. The fourth-order valence-electron chi connectivity index (χ4n) is 3.86. The van der Waals surface area contributed by atoms with Gasteiger partial charge in [0, 0.05) is 13.0 Å². The lowest BCUT2D eigenvalue weighted by molar-refractivity contribution is -0.144. The monoisotopic (exact) mass is 477 g/mol. The summed E-state index contributed by atoms with van der Waals surface area (Å²) >= 11 is 0. The van der Waals surface area contributed by atoms with E-state index in [1.54, 1.807) is 12.1 Å². The summed E-state index contributed by atoms with van der Waals surface area (Å²) < 4.78 is 0. The van der Waals surface area contributed by atoms with Crippen LogP contribution in [0.4, 0.5) is 0 Å². The summed E-state index contributed by atoms with van der Waals surface area (Å²) in [5.74, 6) is -2.58. The van der Waals surface area contributed by atoms with E-state index in [9.17, 15) is 24.3 Å². The van der Waals surface area contributed by atoms with Crippen LogP contribution in [0, 0.1) is 0 Å². The van der Waals surface area contributed by atoms with E-state index in [4.69, 9.17) is 16.6 Å². The van der Waals surface area contributed by atoms with E-state index in [0.29, 0.717) is 44.3 Å². The van der Waals surface area contributed by atoms with Gasteiger partial charge in [-0.15, -0.1) is 0 Å². The minimum absolute atomic E-state index is 0.0708. The first-order valence-electron chi connectivity index (χ1n) is 11.5. The number of unbranched alkanes of at least 4 members (excludes halogenated alkanes) is 1. The Balaban J connectivity index is 2.18. The second-order valence-electron chi connectivity index (χ2n) is 8.58. The number of aliphatic carboxylic acids is 1. The molecule has 0 aromatic heterocycles. The number of likely N-dealkylation sites (tertiary alicyclic amines) is 1. The molecule has 0 spiro atoms. The third kappa shape index (κ3) is 7.70. The molecule has 1 aliphatic heterocycles. The Labute approximate surface area is 198 Å². The van der Waals surface area contributed by atoms with Crippen LogP contribution in [0.5, 0.6) is 5.75 Å². The van der Waals surface area contributed by atoms with Crippen molar-refractivity contribution in [2.24, 2.45) is 11.5 Å². The van der Waals surface area contributed by atoms with Crippen LogP contribution in [0.1, 0.15) is 44.6 Å². The number of benzene rings is 1. The fraction of sp³-hybridized carbons (Fsp3) is 0.565. The van der Waals surface area contributed by atoms with Gasteiger partial charge in [-0.3, -0.25) is 19.2 Å². The number of nitrogens with one attached hydrogen (secondary N) is 2. The molecule has 2 rings (SSSR count). The number of hydrogen-bond donors (Lipinski definition) is 6. The van der Waals surface area contributed by atoms with Gasteiger partial charge in [0.1, 0.15) is 23.9 Å². The maximum absolute atomic E-state index is 13.5. The van der Waals surface area contributed by atoms with E-state index in [1.807, 2.05) is 0 Å². The van der Waals surface area contributed by atoms with Crippen molar-refractivity contribution in [2.45, 2.75) is 69.6 Å². The Morgan fingerprint density at radius 3 is 2.44 bits per heavy atom. The number of carbonyl (C=O) groups is 4. The highest BCUT2D eigenvalue weighted by Crippen LogP contribution is 2.20. The number of nitrogens with two attached hydrogens (primary N) is 2. The smallest absolute Gasteiger partial charge is 0.325 e. The van der Waals surface area contributed by atoms with Crippen molar-refractivity contribution in [3.63, 3.8) is 0 Å². The number of carbonyl (C=O) groups excluding carboxylic acids is 3. The first-order valence-corrected chi connectivity index (χ1v) is 11.5. The maximum atomic E-state index is 13.5. The van der Waals surface area contributed by atoms with Crippen molar-refractivity contribution in [3.8, 4) is 5.75 Å². The van der Waals surface area contributed by atoms with E-state index in [2.05, 4.69) is 10.6 Å². The molecular formula is C23H35N5O6. The van der Waals surface area contributed by atoms with Crippen molar-refractivity contribution in [1.82, 2.24) is 15.5 Å². The Kier molecular flexibility index (Phi) is 10.3. The third-order valence-corrected chi connectivity index (χ3v) is 5.86. The molecule has 1 aromatic carbocycles. The van der Waals surface area contributed by atoms with E-state index in [0.717, 1.165) is 6.42 Å². The zero-order valence-corrected chi connectivity index (χ0v) is 19.4. The van der Waals surface area contributed by atoms with E-state index < -0.39 is 47.9 Å². The molecule has 1 heterocycles. The summed E-state index contributed by atoms with van der Waals surface area (Å²) in [6.07, 6.45) is 2.93. The van der Waals surface area contributed by atoms with Crippen LogP contribution in [0.25, 0.3) is 0 Å². The standard InChI is InChI=1S/C23H35N5O6/c1-14(23(33)34)26-21(31)19-6-4-12-28(19)22(32)18(13-15-7-9-16(29)10-8-15)27-20(30)17(25)5-2-3-11-24/h7-10,14,17-19,29H,2-6,11-13,24-25H2,1H3,(H,26,31)(H,27,30)(H,33,34). The molecule has 0 radical (unpaired) electrons. The maximum Gasteiger partial charge on any atom is 0.325 e. The average molecular weight is 478 g/mol. The molecule has 188 valence electrons. The lowest BCUT2D eigenvalue weighted by Crippen LogP contribution is -2.57. The van der Waals surface area contributed by atoms with Crippen molar-refractivity contribution >= 4 is 23.7 Å². The molecule has 11 nitrogen and oxygen atoms in total. The van der Waals surface area contributed by atoms with Crippen LogP contribution in [0.2, 0.25) is 0 Å². The molecule has 4 unspecified atom stereocenters. The second kappa shape index (κ2) is 12.9. The highest BCUT2D eigenvalue weighted by Gasteiger charge is 2.38. The molecular weight excluding hydrogens is 442 g/mol. The van der Waals surface area contributed by atoms with E-state index >= 15 is 0 Å². The van der Waals surface area contributed by atoms with Gasteiger partial charge in [0.2, 0.25) is 17.7 Å². The number of rotatable bonds is 12. The highest BCUT2D eigenvalue weighted by atomic mass is 16.4. The third-order valence-electron chi connectivity index (χ3n) is 5.86. The second-order valence-corrected chi connectivity index (χ2v) is 8.58. The lowest BCUT2D eigenvalue weighted by Gasteiger charge is -2.30. The Morgan fingerprint density at radius 1 is 1.15 bits per heavy atom. The van der Waals surface area contributed by atoms with Gasteiger partial charge in [0.25, 0.3) is 0 Å². The Morgan fingerprint density at radius 2 is 1.82 bits per heavy atom. The zero-order valence-electron chi connectivity index (χ0n) is 19.4.